The fourth-order valence-electron chi connectivity index (χ4n) is 0.468. The molecule has 0 saturated heterocycles. The van der Waals surface area contributed by atoms with Crippen molar-refractivity contribution < 1.29 is 188 Å². The summed E-state index contributed by atoms with van der Waals surface area (Å²) in [5, 5.41) is 16.4. The van der Waals surface area contributed by atoms with Gasteiger partial charge >= 0.3 is 5.97 Å². The second-order valence-corrected chi connectivity index (χ2v) is 2.02. The van der Waals surface area contributed by atoms with E-state index in [4.69, 9.17) is 10.2 Å². The van der Waals surface area contributed by atoms with Crippen LogP contribution in [0.2, 0.25) is 0 Å². The van der Waals surface area contributed by atoms with Gasteiger partial charge in [-0.2, -0.15) is 0 Å². The Morgan fingerprint density at radius 3 is 1.50 bits per heavy atom. The number of carboxylic acid groups (broad SMARTS) is 1. The molecule has 0 aromatic heterocycles. The van der Waals surface area contributed by atoms with Crippen LogP contribution >= 0.6 is 0 Å². The van der Waals surface area contributed by atoms with E-state index in [-0.39, 0.29) is 164 Å². The number of hydrogen-bond acceptors (Lipinski definition) is 4. The Hall–Kier alpha value is 4.29. The maximum absolute atomic E-state index is 10.5. The Balaban J connectivity index is -0.0000000500. The average molecular weight is 605 g/mol. The van der Waals surface area contributed by atoms with E-state index in [2.05, 4.69) is 0 Å². The third-order valence-electron chi connectivity index (χ3n) is 1.24. The molecule has 0 rings (SSSR count). The smallest absolute Gasteiger partial charge is 0.372 e. The maximum Gasteiger partial charge on any atom is 0.372 e. The van der Waals surface area contributed by atoms with Gasteiger partial charge in [-0.15, -0.1) is 0 Å². The van der Waals surface area contributed by atoms with E-state index in [0.29, 0.717) is 0 Å². The molecule has 0 aliphatic carbocycles. The molecule has 1 unspecified atom stereocenters. The summed E-state index contributed by atoms with van der Waals surface area (Å²) in [6, 6.07) is 0. The van der Waals surface area contributed by atoms with E-state index in [1.54, 1.807) is 0 Å². The molecule has 5 nitrogen and oxygen atoms in total. The second-order valence-electron chi connectivity index (χ2n) is 2.02. The number of carbonyl (C=O) groups excluding carboxylic acids is 2. The molecule has 0 aromatic rings. The van der Waals surface area contributed by atoms with Crippen molar-refractivity contribution in [1.29, 1.82) is 0 Å². The summed E-state index contributed by atoms with van der Waals surface area (Å²) in [6.07, 6.45) is 0. The van der Waals surface area contributed by atoms with Crippen LogP contribution in [0.25, 0.3) is 0 Å². The first kappa shape index (κ1) is 37.0. The summed E-state index contributed by atoms with van der Waals surface area (Å²) < 4.78 is 0. The molecule has 0 aliphatic rings. The Kier molecular flexibility index (Phi) is 49.9. The summed E-state index contributed by atoms with van der Waals surface area (Å²) in [5.41, 5.74) is 0. The van der Waals surface area contributed by atoms with Crippen LogP contribution < -0.4 is 0 Å². The molecule has 1 atom stereocenters. The molecule has 0 amide bonds. The minimum atomic E-state index is -1.65. The fourth-order valence-corrected chi connectivity index (χ4v) is 0.468. The van der Waals surface area contributed by atoms with Gasteiger partial charge in [0.1, 0.15) is 6.61 Å². The van der Waals surface area contributed by atoms with Gasteiger partial charge < -0.3 is 10.2 Å². The Morgan fingerprint density at radius 2 is 1.31 bits per heavy atom. The van der Waals surface area contributed by atoms with Crippen LogP contribution in [0.5, 0.6) is 0 Å². The number of Topliss-reactive ketones (excluding diaryl/α,β-unsaturated/α-hetero) is 2. The predicted octanol–water partition coefficient (Wildman–Crippen LogP) is -1.17. The second kappa shape index (κ2) is 21.6. The number of hydrogen-bond donors (Lipinski definition) is 2. The standard InChI is InChI=1S/C6H8O5.5Y/c1-3(4(8)2-7)5(9)6(10)11;;;;;/h3,7H,2H2,1H3,(H,10,11);;;;;. The van der Waals surface area contributed by atoms with Crippen molar-refractivity contribution in [3.8, 4) is 0 Å². The van der Waals surface area contributed by atoms with Crippen molar-refractivity contribution in [2.75, 3.05) is 6.61 Å². The molecule has 10 heteroatoms. The summed E-state index contributed by atoms with van der Waals surface area (Å²) >= 11 is 0. The van der Waals surface area contributed by atoms with Gasteiger partial charge in [0.15, 0.2) is 5.78 Å². The van der Waals surface area contributed by atoms with Gasteiger partial charge in [-0.05, 0) is 6.92 Å². The molecule has 16 heavy (non-hydrogen) atoms. The summed E-state index contributed by atoms with van der Waals surface area (Å²) in [4.78, 5) is 31.0. The van der Waals surface area contributed by atoms with E-state index < -0.39 is 30.1 Å². The van der Waals surface area contributed by atoms with Crippen molar-refractivity contribution in [3.05, 3.63) is 0 Å². The Morgan fingerprint density at radius 1 is 1.00 bits per heavy atom. The van der Waals surface area contributed by atoms with E-state index in [1.807, 2.05) is 0 Å². The predicted molar refractivity (Wildman–Crippen MR) is 33.9 cm³/mol. The van der Waals surface area contributed by atoms with Crippen molar-refractivity contribution in [3.63, 3.8) is 0 Å². The third-order valence-corrected chi connectivity index (χ3v) is 1.24. The summed E-state index contributed by atoms with van der Waals surface area (Å²) in [6.45, 7) is 0.342. The number of rotatable bonds is 4. The maximum atomic E-state index is 10.5. The van der Waals surface area contributed by atoms with Gasteiger partial charge in [-0.3, -0.25) is 9.59 Å². The third kappa shape index (κ3) is 16.3. The topological polar surface area (TPSA) is 91.7 Å². The van der Waals surface area contributed by atoms with Crippen molar-refractivity contribution in [2.45, 2.75) is 6.92 Å². The van der Waals surface area contributed by atoms with Crippen LogP contribution in [0.15, 0.2) is 0 Å². The minimum Gasteiger partial charge on any atom is -0.475 e. The molecular formula is C6H8O5Y5. The van der Waals surface area contributed by atoms with Crippen LogP contribution in [0.4, 0.5) is 0 Å². The van der Waals surface area contributed by atoms with Gasteiger partial charge in [0.25, 0.3) is 0 Å². The van der Waals surface area contributed by atoms with Gasteiger partial charge in [-0.25, -0.2) is 4.79 Å². The van der Waals surface area contributed by atoms with Gasteiger partial charge in [-0.1, -0.05) is 0 Å². The fraction of sp³-hybridized carbons (Fsp3) is 0.500. The van der Waals surface area contributed by atoms with Crippen molar-refractivity contribution >= 4 is 17.5 Å². The summed E-state index contributed by atoms with van der Waals surface area (Å²) in [5.74, 6) is -4.88. The normalized spacial score (nSPS) is 8.38. The zero-order valence-electron chi connectivity index (χ0n) is 8.79. The number of aliphatic hydroxyl groups is 1. The van der Waals surface area contributed by atoms with Gasteiger partial charge in [0, 0.05) is 164 Å². The van der Waals surface area contributed by atoms with Gasteiger partial charge in [0.05, 0.1) is 5.92 Å². The van der Waals surface area contributed by atoms with Crippen molar-refractivity contribution in [1.82, 2.24) is 0 Å². The van der Waals surface area contributed by atoms with Gasteiger partial charge in [0.2, 0.25) is 5.78 Å². The molecule has 0 bridgehead atoms. The number of carboxylic acids is 1. The molecule has 0 spiro atoms. The molecule has 77 valence electrons. The average Bonchev–Trinajstić information content (AvgIpc) is 2.00. The van der Waals surface area contributed by atoms with Crippen LogP contribution in [0, 0.1) is 5.92 Å². The molecule has 0 heterocycles. The Bertz CT molecular complexity index is 209. The molecular weight excluding hydrogens is 597 g/mol. The van der Waals surface area contributed by atoms with E-state index in [9.17, 15) is 14.4 Å². The summed E-state index contributed by atoms with van der Waals surface area (Å²) in [7, 11) is 0. The monoisotopic (exact) mass is 605 g/mol. The number of aliphatic hydroxyl groups excluding tert-OH is 1. The molecule has 5 radical (unpaired) electrons. The molecule has 0 aliphatic heterocycles. The molecule has 0 saturated carbocycles. The van der Waals surface area contributed by atoms with Crippen molar-refractivity contribution in [2.24, 2.45) is 5.92 Å². The van der Waals surface area contributed by atoms with Crippen LogP contribution in [0.1, 0.15) is 6.92 Å². The quantitative estimate of drug-likeness (QED) is 0.312. The Labute approximate surface area is 220 Å². The molecule has 2 N–H and O–H groups in total. The van der Waals surface area contributed by atoms with E-state index >= 15 is 0 Å². The largest absolute Gasteiger partial charge is 0.475 e. The number of carbonyl (C=O) groups is 3. The number of ketones is 2. The zero-order chi connectivity index (χ0) is 9.02. The van der Waals surface area contributed by atoms with E-state index in [1.165, 1.54) is 0 Å². The molecule has 0 aromatic carbocycles. The first-order valence-electron chi connectivity index (χ1n) is 2.91. The minimum absolute atomic E-state index is 0. The number of aliphatic carboxylic acids is 1. The first-order chi connectivity index (χ1) is 5.00. The SMILES string of the molecule is CC(C(=O)CO)C(=O)C(=O)O.[Y].[Y].[Y].[Y].[Y]. The van der Waals surface area contributed by atoms with Crippen LogP contribution in [-0.4, -0.2) is 34.4 Å². The first-order valence-corrected chi connectivity index (χ1v) is 2.91. The van der Waals surface area contributed by atoms with Crippen LogP contribution in [0.3, 0.4) is 0 Å². The van der Waals surface area contributed by atoms with E-state index in [0.717, 1.165) is 6.92 Å². The van der Waals surface area contributed by atoms with Crippen LogP contribution in [-0.2, 0) is 178 Å². The zero-order valence-corrected chi connectivity index (χ0v) is 23.0. The molecule has 0 fully saturated rings.